The van der Waals surface area contributed by atoms with Crippen molar-refractivity contribution in [3.8, 4) is 0 Å². The summed E-state index contributed by atoms with van der Waals surface area (Å²) in [6, 6.07) is 1.67. The second-order valence-electron chi connectivity index (χ2n) is 2.00. The predicted molar refractivity (Wildman–Crippen MR) is 43.8 cm³/mol. The fraction of sp³-hybridized carbons (Fsp3) is 0.143. The summed E-state index contributed by atoms with van der Waals surface area (Å²) < 4.78 is 0. The molecule has 0 saturated heterocycles. The lowest BCUT2D eigenvalue weighted by Gasteiger charge is -1.97. The van der Waals surface area contributed by atoms with Gasteiger partial charge in [0.25, 0.3) is 0 Å². The molecule has 4 heteroatoms. The molecule has 1 aromatic rings. The maximum absolute atomic E-state index is 10.5. The molecule has 0 spiro atoms. The van der Waals surface area contributed by atoms with E-state index in [2.05, 4.69) is 4.98 Å². The van der Waals surface area contributed by atoms with Crippen LogP contribution in [0.25, 0.3) is 0 Å². The average Bonchev–Trinajstić information content (AvgIpc) is 1.93. The Morgan fingerprint density at radius 3 is 2.91 bits per heavy atom. The van der Waals surface area contributed by atoms with E-state index in [4.69, 9.17) is 23.2 Å². The van der Waals surface area contributed by atoms with E-state index in [1.165, 1.54) is 6.20 Å². The minimum atomic E-state index is -0.418. The third kappa shape index (κ3) is 2.48. The average molecular weight is 190 g/mol. The van der Waals surface area contributed by atoms with Crippen LogP contribution in [-0.2, 0) is 11.2 Å². The highest BCUT2D eigenvalue weighted by molar-refractivity contribution is 6.63. The molecule has 0 fully saturated rings. The Bertz CT molecular complexity index is 275. The Labute approximate surface area is 74.1 Å². The van der Waals surface area contributed by atoms with E-state index in [-0.39, 0.29) is 6.42 Å². The second kappa shape index (κ2) is 3.69. The molecule has 0 radical (unpaired) electrons. The topological polar surface area (TPSA) is 30.0 Å². The van der Waals surface area contributed by atoms with Gasteiger partial charge in [0.1, 0.15) is 0 Å². The van der Waals surface area contributed by atoms with Crippen LogP contribution < -0.4 is 0 Å². The van der Waals surface area contributed by atoms with Gasteiger partial charge in [-0.15, -0.1) is 0 Å². The molecule has 0 aliphatic heterocycles. The summed E-state index contributed by atoms with van der Waals surface area (Å²) in [6.45, 7) is 0. The fourth-order valence-electron chi connectivity index (χ4n) is 0.697. The SMILES string of the molecule is O=C(Cl)Cc1ccncc1Cl. The van der Waals surface area contributed by atoms with Gasteiger partial charge in [-0.3, -0.25) is 9.78 Å². The van der Waals surface area contributed by atoms with Crippen molar-refractivity contribution in [2.24, 2.45) is 0 Å². The van der Waals surface area contributed by atoms with Crippen molar-refractivity contribution in [2.75, 3.05) is 0 Å². The quantitative estimate of drug-likeness (QED) is 0.668. The Kier molecular flexibility index (Phi) is 2.85. The first-order valence-electron chi connectivity index (χ1n) is 2.97. The van der Waals surface area contributed by atoms with Gasteiger partial charge in [0.15, 0.2) is 0 Å². The van der Waals surface area contributed by atoms with Crippen LogP contribution >= 0.6 is 23.2 Å². The maximum atomic E-state index is 10.5. The van der Waals surface area contributed by atoms with Crippen molar-refractivity contribution < 1.29 is 4.79 Å². The van der Waals surface area contributed by atoms with Crippen LogP contribution in [0, 0.1) is 0 Å². The van der Waals surface area contributed by atoms with Crippen molar-refractivity contribution in [3.05, 3.63) is 29.0 Å². The highest BCUT2D eigenvalue weighted by atomic mass is 35.5. The summed E-state index contributed by atoms with van der Waals surface area (Å²) in [5.41, 5.74) is 0.710. The number of carbonyl (C=O) groups excluding carboxylic acids is 1. The lowest BCUT2D eigenvalue weighted by Crippen LogP contribution is -1.94. The molecule has 0 aromatic carbocycles. The molecule has 0 atom stereocenters. The summed E-state index contributed by atoms with van der Waals surface area (Å²) in [5.74, 6) is 0. The van der Waals surface area contributed by atoms with Gasteiger partial charge in [0.2, 0.25) is 5.24 Å². The van der Waals surface area contributed by atoms with E-state index >= 15 is 0 Å². The molecule has 2 nitrogen and oxygen atoms in total. The third-order valence-corrected chi connectivity index (χ3v) is 1.66. The summed E-state index contributed by atoms with van der Waals surface area (Å²) in [4.78, 5) is 14.2. The van der Waals surface area contributed by atoms with Crippen molar-refractivity contribution >= 4 is 28.4 Å². The zero-order valence-corrected chi connectivity index (χ0v) is 7.06. The third-order valence-electron chi connectivity index (χ3n) is 1.19. The molecule has 1 aromatic heterocycles. The van der Waals surface area contributed by atoms with E-state index in [9.17, 15) is 4.79 Å². The largest absolute Gasteiger partial charge is 0.281 e. The van der Waals surface area contributed by atoms with Crippen LogP contribution in [0.15, 0.2) is 18.5 Å². The summed E-state index contributed by atoms with van der Waals surface area (Å²) in [6.07, 6.45) is 3.21. The minimum absolute atomic E-state index is 0.156. The van der Waals surface area contributed by atoms with Crippen LogP contribution in [0.1, 0.15) is 5.56 Å². The number of carbonyl (C=O) groups is 1. The molecule has 11 heavy (non-hydrogen) atoms. The molecule has 1 heterocycles. The standard InChI is InChI=1S/C7H5Cl2NO/c8-6-4-10-2-1-5(6)3-7(9)11/h1-2,4H,3H2. The smallest absolute Gasteiger partial charge is 0.226 e. The summed E-state index contributed by atoms with van der Waals surface area (Å²) >= 11 is 10.9. The zero-order valence-electron chi connectivity index (χ0n) is 5.55. The molecule has 0 N–H and O–H groups in total. The Hall–Kier alpha value is -0.600. The number of nitrogens with zero attached hydrogens (tertiary/aromatic N) is 1. The maximum Gasteiger partial charge on any atom is 0.226 e. The molecule has 0 bridgehead atoms. The number of rotatable bonds is 2. The molecule has 0 aliphatic carbocycles. The molecule has 0 saturated carbocycles. The van der Waals surface area contributed by atoms with E-state index in [1.807, 2.05) is 0 Å². The van der Waals surface area contributed by atoms with Gasteiger partial charge >= 0.3 is 0 Å². The summed E-state index contributed by atoms with van der Waals surface area (Å²) in [5, 5.41) is 0.0552. The van der Waals surface area contributed by atoms with E-state index in [1.54, 1.807) is 12.3 Å². The van der Waals surface area contributed by atoms with E-state index in [0.29, 0.717) is 10.6 Å². The number of hydrogen-bond acceptors (Lipinski definition) is 2. The molecular formula is C7H5Cl2NO. The van der Waals surface area contributed by atoms with Crippen LogP contribution in [0.5, 0.6) is 0 Å². The lowest BCUT2D eigenvalue weighted by molar-refractivity contribution is -0.111. The lowest BCUT2D eigenvalue weighted by atomic mass is 10.2. The molecule has 0 aliphatic rings. The minimum Gasteiger partial charge on any atom is -0.281 e. The molecule has 1 rings (SSSR count). The Morgan fingerprint density at radius 1 is 1.64 bits per heavy atom. The van der Waals surface area contributed by atoms with E-state index < -0.39 is 5.24 Å². The highest BCUT2D eigenvalue weighted by Crippen LogP contribution is 2.14. The monoisotopic (exact) mass is 189 g/mol. The van der Waals surface area contributed by atoms with Crippen molar-refractivity contribution in [1.29, 1.82) is 0 Å². The van der Waals surface area contributed by atoms with E-state index in [0.717, 1.165) is 0 Å². The second-order valence-corrected chi connectivity index (χ2v) is 2.83. The van der Waals surface area contributed by atoms with Gasteiger partial charge in [0.05, 0.1) is 5.02 Å². The molecule has 0 unspecified atom stereocenters. The number of aromatic nitrogens is 1. The van der Waals surface area contributed by atoms with Gasteiger partial charge in [-0.2, -0.15) is 0 Å². The first-order valence-corrected chi connectivity index (χ1v) is 3.72. The molecule has 0 amide bonds. The van der Waals surface area contributed by atoms with Crippen LogP contribution in [0.4, 0.5) is 0 Å². The van der Waals surface area contributed by atoms with Crippen molar-refractivity contribution in [2.45, 2.75) is 6.42 Å². The summed E-state index contributed by atoms with van der Waals surface area (Å²) in [7, 11) is 0. The van der Waals surface area contributed by atoms with Gasteiger partial charge in [-0.05, 0) is 23.2 Å². The van der Waals surface area contributed by atoms with Gasteiger partial charge in [0, 0.05) is 18.8 Å². The first kappa shape index (κ1) is 8.50. The predicted octanol–water partition coefficient (Wildman–Crippen LogP) is 2.04. The fourth-order valence-corrected chi connectivity index (χ4v) is 1.03. The normalized spacial score (nSPS) is 9.64. The zero-order chi connectivity index (χ0) is 8.27. The van der Waals surface area contributed by atoms with Crippen LogP contribution in [0.2, 0.25) is 5.02 Å². The molecule has 58 valence electrons. The molecular weight excluding hydrogens is 185 g/mol. The van der Waals surface area contributed by atoms with Gasteiger partial charge in [-0.25, -0.2) is 0 Å². The van der Waals surface area contributed by atoms with Crippen molar-refractivity contribution in [3.63, 3.8) is 0 Å². The number of hydrogen-bond donors (Lipinski definition) is 0. The number of pyridine rings is 1. The van der Waals surface area contributed by atoms with Crippen molar-refractivity contribution in [1.82, 2.24) is 4.98 Å². The Morgan fingerprint density at radius 2 is 2.36 bits per heavy atom. The highest BCUT2D eigenvalue weighted by Gasteiger charge is 2.02. The Balaban J connectivity index is 2.86. The van der Waals surface area contributed by atoms with Crippen LogP contribution in [-0.4, -0.2) is 10.2 Å². The van der Waals surface area contributed by atoms with Crippen LogP contribution in [0.3, 0.4) is 0 Å². The number of halogens is 2. The van der Waals surface area contributed by atoms with Gasteiger partial charge in [-0.1, -0.05) is 11.6 Å². The first-order chi connectivity index (χ1) is 5.20. The van der Waals surface area contributed by atoms with Gasteiger partial charge < -0.3 is 0 Å².